The fraction of sp³-hybridized carbons (Fsp3) is 0.500. The lowest BCUT2D eigenvalue weighted by Crippen LogP contribution is -2.64. The molecule has 1 heterocycles. The van der Waals surface area contributed by atoms with Gasteiger partial charge in [0.15, 0.2) is 0 Å². The third-order valence-electron chi connectivity index (χ3n) is 4.68. The van der Waals surface area contributed by atoms with Crippen LogP contribution < -0.4 is 0 Å². The number of rotatable bonds is 6. The van der Waals surface area contributed by atoms with E-state index >= 15 is 0 Å². The number of esters is 2. The summed E-state index contributed by atoms with van der Waals surface area (Å²) in [6.07, 6.45) is -1.64. The Balaban J connectivity index is 2.67. The molecular weight excluding hydrogens is 372 g/mol. The van der Waals surface area contributed by atoms with Gasteiger partial charge in [-0.1, -0.05) is 19.1 Å². The molecule has 0 aromatic heterocycles. The molecule has 10 heteroatoms. The number of aliphatic hydroxyl groups is 1. The Morgan fingerprint density at radius 1 is 1.21 bits per heavy atom. The maximum atomic E-state index is 13.2. The van der Waals surface area contributed by atoms with Crippen molar-refractivity contribution in [2.24, 2.45) is 5.92 Å². The molecule has 1 aliphatic heterocycles. The number of ether oxygens (including phenoxy) is 2. The van der Waals surface area contributed by atoms with Crippen LogP contribution in [0.3, 0.4) is 0 Å². The number of benzene rings is 1. The number of nitrogens with zero attached hydrogens (tertiary/aromatic N) is 2. The molecule has 1 aromatic rings. The Hall–Kier alpha value is -3.01. The van der Waals surface area contributed by atoms with E-state index in [-0.39, 0.29) is 25.2 Å². The van der Waals surface area contributed by atoms with Crippen molar-refractivity contribution in [1.82, 2.24) is 4.90 Å². The topological polar surface area (TPSA) is 136 Å². The second-order valence-electron chi connectivity index (χ2n) is 6.27. The smallest absolute Gasteiger partial charge is 0.344 e. The standard InChI is InChI=1S/C18H22N2O8/c1-4-27-16(23)18(17(24)28-5-2)11(3)10-14(21)19(18)15(22)12-8-6-7-9-13(12)20(25)26/h6-9,11,14,21H,4-5,10H2,1-3H3. The molecular formula is C18H22N2O8. The van der Waals surface area contributed by atoms with Crippen LogP contribution in [-0.2, 0) is 19.1 Å². The summed E-state index contributed by atoms with van der Waals surface area (Å²) in [6, 6.07) is 5.09. The van der Waals surface area contributed by atoms with Crippen LogP contribution in [0.5, 0.6) is 0 Å². The van der Waals surface area contributed by atoms with Gasteiger partial charge in [0.1, 0.15) is 11.8 Å². The van der Waals surface area contributed by atoms with Crippen molar-refractivity contribution in [2.45, 2.75) is 39.0 Å². The summed E-state index contributed by atoms with van der Waals surface area (Å²) in [5.41, 5.74) is -3.12. The molecule has 0 saturated carbocycles. The molecule has 1 aromatic carbocycles. The number of hydrogen-bond acceptors (Lipinski definition) is 8. The minimum atomic E-state index is -2.24. The van der Waals surface area contributed by atoms with E-state index in [1.165, 1.54) is 39.0 Å². The van der Waals surface area contributed by atoms with E-state index in [0.717, 1.165) is 6.07 Å². The minimum absolute atomic E-state index is 0.0731. The first kappa shape index (κ1) is 21.3. The lowest BCUT2D eigenvalue weighted by molar-refractivity contribution is -0.385. The van der Waals surface area contributed by atoms with E-state index in [1.54, 1.807) is 0 Å². The van der Waals surface area contributed by atoms with Gasteiger partial charge >= 0.3 is 11.9 Å². The Kier molecular flexibility index (Phi) is 6.34. The lowest BCUT2D eigenvalue weighted by atomic mass is 9.85. The lowest BCUT2D eigenvalue weighted by Gasteiger charge is -2.37. The van der Waals surface area contributed by atoms with Crippen molar-refractivity contribution in [1.29, 1.82) is 0 Å². The van der Waals surface area contributed by atoms with Gasteiger partial charge in [-0.2, -0.15) is 0 Å². The quantitative estimate of drug-likeness (QED) is 0.330. The monoisotopic (exact) mass is 394 g/mol. The van der Waals surface area contributed by atoms with E-state index in [4.69, 9.17) is 9.47 Å². The van der Waals surface area contributed by atoms with E-state index in [0.29, 0.717) is 4.90 Å². The van der Waals surface area contributed by atoms with Crippen molar-refractivity contribution in [2.75, 3.05) is 13.2 Å². The van der Waals surface area contributed by atoms with Crippen LogP contribution in [0.25, 0.3) is 0 Å². The Morgan fingerprint density at radius 2 is 1.75 bits per heavy atom. The van der Waals surface area contributed by atoms with Gasteiger partial charge < -0.3 is 14.6 Å². The second kappa shape index (κ2) is 8.34. The van der Waals surface area contributed by atoms with Crippen LogP contribution in [0.4, 0.5) is 5.69 Å². The predicted molar refractivity (Wildman–Crippen MR) is 95.1 cm³/mol. The van der Waals surface area contributed by atoms with Crippen LogP contribution in [0.15, 0.2) is 24.3 Å². The fourth-order valence-corrected chi connectivity index (χ4v) is 3.47. The minimum Gasteiger partial charge on any atom is -0.464 e. The summed E-state index contributed by atoms with van der Waals surface area (Å²) in [5, 5.41) is 21.8. The Labute approximate surface area is 161 Å². The summed E-state index contributed by atoms with van der Waals surface area (Å²) < 4.78 is 10.1. The third kappa shape index (κ3) is 3.31. The summed E-state index contributed by atoms with van der Waals surface area (Å²) in [5.74, 6) is -3.98. The molecule has 2 atom stereocenters. The maximum Gasteiger partial charge on any atom is 0.344 e. The molecule has 0 spiro atoms. The van der Waals surface area contributed by atoms with E-state index in [2.05, 4.69) is 0 Å². The Morgan fingerprint density at radius 3 is 2.25 bits per heavy atom. The van der Waals surface area contributed by atoms with Gasteiger partial charge in [0.25, 0.3) is 11.6 Å². The summed E-state index contributed by atoms with van der Waals surface area (Å²) >= 11 is 0. The number of nitro groups is 1. The van der Waals surface area contributed by atoms with Gasteiger partial charge in [0, 0.05) is 12.0 Å². The average Bonchev–Trinajstić information content (AvgIpc) is 2.92. The summed E-state index contributed by atoms with van der Waals surface area (Å²) in [4.78, 5) is 50.1. The van der Waals surface area contributed by atoms with Gasteiger partial charge in [-0.25, -0.2) is 9.59 Å². The number of likely N-dealkylation sites (tertiary alicyclic amines) is 1. The van der Waals surface area contributed by atoms with Crippen LogP contribution in [0, 0.1) is 16.0 Å². The zero-order valence-corrected chi connectivity index (χ0v) is 15.8. The van der Waals surface area contributed by atoms with Gasteiger partial charge in [-0.05, 0) is 26.3 Å². The largest absolute Gasteiger partial charge is 0.464 e. The fourth-order valence-electron chi connectivity index (χ4n) is 3.47. The first-order valence-corrected chi connectivity index (χ1v) is 8.82. The zero-order valence-electron chi connectivity index (χ0n) is 15.8. The van der Waals surface area contributed by atoms with Crippen molar-refractivity contribution < 1.29 is 33.9 Å². The van der Waals surface area contributed by atoms with Crippen LogP contribution in [0.2, 0.25) is 0 Å². The molecule has 2 rings (SSSR count). The molecule has 2 unspecified atom stereocenters. The maximum absolute atomic E-state index is 13.2. The first-order valence-electron chi connectivity index (χ1n) is 8.82. The molecule has 0 radical (unpaired) electrons. The molecule has 1 saturated heterocycles. The summed E-state index contributed by atoms with van der Waals surface area (Å²) in [6.45, 7) is 4.42. The highest BCUT2D eigenvalue weighted by molar-refractivity contribution is 6.12. The number of aliphatic hydroxyl groups excluding tert-OH is 1. The molecule has 0 aliphatic carbocycles. The molecule has 1 fully saturated rings. The zero-order chi connectivity index (χ0) is 21.1. The van der Waals surface area contributed by atoms with E-state index in [1.807, 2.05) is 0 Å². The highest BCUT2D eigenvalue weighted by Crippen LogP contribution is 2.42. The van der Waals surface area contributed by atoms with Crippen LogP contribution >= 0.6 is 0 Å². The second-order valence-corrected chi connectivity index (χ2v) is 6.27. The average molecular weight is 394 g/mol. The Bertz CT molecular complexity index is 776. The number of amides is 1. The van der Waals surface area contributed by atoms with Gasteiger partial charge in [-0.3, -0.25) is 19.8 Å². The number of para-hydroxylation sites is 1. The highest BCUT2D eigenvalue weighted by atomic mass is 16.6. The molecule has 28 heavy (non-hydrogen) atoms. The van der Waals surface area contributed by atoms with E-state index in [9.17, 15) is 29.6 Å². The van der Waals surface area contributed by atoms with Crippen LogP contribution in [0.1, 0.15) is 37.6 Å². The highest BCUT2D eigenvalue weighted by Gasteiger charge is 2.66. The van der Waals surface area contributed by atoms with Crippen molar-refractivity contribution in [3.05, 3.63) is 39.9 Å². The molecule has 1 aliphatic rings. The van der Waals surface area contributed by atoms with Gasteiger partial charge in [0.05, 0.1) is 18.1 Å². The number of carbonyl (C=O) groups is 3. The molecule has 152 valence electrons. The van der Waals surface area contributed by atoms with Crippen LogP contribution in [-0.4, -0.2) is 57.8 Å². The number of carbonyl (C=O) groups excluding carboxylic acids is 3. The molecule has 1 N–H and O–H groups in total. The van der Waals surface area contributed by atoms with Crippen molar-refractivity contribution in [3.8, 4) is 0 Å². The van der Waals surface area contributed by atoms with Gasteiger partial charge in [0.2, 0.25) is 5.54 Å². The predicted octanol–water partition coefficient (Wildman–Crippen LogP) is 1.26. The number of hydrogen-bond donors (Lipinski definition) is 1. The van der Waals surface area contributed by atoms with Gasteiger partial charge in [-0.15, -0.1) is 0 Å². The molecule has 0 bridgehead atoms. The first-order chi connectivity index (χ1) is 13.2. The molecule has 1 amide bonds. The third-order valence-corrected chi connectivity index (χ3v) is 4.68. The van der Waals surface area contributed by atoms with Crippen molar-refractivity contribution >= 4 is 23.5 Å². The number of nitro benzene ring substituents is 1. The summed E-state index contributed by atoms with van der Waals surface area (Å²) in [7, 11) is 0. The molecule has 10 nitrogen and oxygen atoms in total. The van der Waals surface area contributed by atoms with Crippen molar-refractivity contribution in [3.63, 3.8) is 0 Å². The SMILES string of the molecule is CCOC(=O)C1(C(=O)OCC)C(C)CC(O)N1C(=O)c1ccccc1[N+](=O)[O-]. The van der Waals surface area contributed by atoms with E-state index < -0.39 is 46.1 Å². The normalized spacial score (nSPS) is 20.5.